The first-order valence-corrected chi connectivity index (χ1v) is 2.14. The molecule has 0 aromatic rings. The molecule has 0 aliphatic heterocycles. The second-order valence-electron chi connectivity index (χ2n) is 0.521. The minimum atomic E-state index is -1.07. The lowest BCUT2D eigenvalue weighted by Crippen LogP contribution is -1.50. The SMILES string of the molecule is FC(Cl)=C(Cl)Cl. The van der Waals surface area contributed by atoms with E-state index in [1.165, 1.54) is 0 Å². The van der Waals surface area contributed by atoms with E-state index in [9.17, 15) is 4.39 Å². The van der Waals surface area contributed by atoms with Gasteiger partial charge in [0.1, 0.15) is 0 Å². The van der Waals surface area contributed by atoms with E-state index in [4.69, 9.17) is 23.2 Å². The molecule has 0 bridgehead atoms. The van der Waals surface area contributed by atoms with Crippen LogP contribution in [0.3, 0.4) is 0 Å². The van der Waals surface area contributed by atoms with Gasteiger partial charge in [-0.15, -0.1) is 0 Å². The van der Waals surface area contributed by atoms with Gasteiger partial charge in [-0.25, -0.2) is 0 Å². The summed E-state index contributed by atoms with van der Waals surface area (Å²) in [6, 6.07) is 0. The maximum Gasteiger partial charge on any atom is 0.219 e. The molecule has 0 aromatic heterocycles. The van der Waals surface area contributed by atoms with Crippen molar-refractivity contribution in [1.29, 1.82) is 0 Å². The summed E-state index contributed by atoms with van der Waals surface area (Å²) >= 11 is 14.1. The monoisotopic (exact) mass is 148 g/mol. The Balaban J connectivity index is 3.68. The van der Waals surface area contributed by atoms with Crippen LogP contribution < -0.4 is 0 Å². The molecular formula is C2Cl3F. The maximum atomic E-state index is 11.2. The van der Waals surface area contributed by atoms with Crippen LogP contribution >= 0.6 is 34.8 Å². The Hall–Kier alpha value is 0.540. The van der Waals surface area contributed by atoms with Gasteiger partial charge in [0.25, 0.3) is 0 Å². The Morgan fingerprint density at radius 2 is 1.33 bits per heavy atom. The number of hydrogen-bond acceptors (Lipinski definition) is 0. The molecule has 0 saturated carbocycles. The number of halogens is 4. The standard InChI is InChI=1S/C2Cl3F/c3-1(4)2(5)6. The normalized spacial score (nSPS) is 8.00. The summed E-state index contributed by atoms with van der Waals surface area (Å²) in [6.07, 6.45) is 0. The summed E-state index contributed by atoms with van der Waals surface area (Å²) in [4.78, 5) is 0. The van der Waals surface area contributed by atoms with E-state index in [-0.39, 0.29) is 0 Å². The fourth-order valence-corrected chi connectivity index (χ4v) is 0. The lowest BCUT2D eigenvalue weighted by molar-refractivity contribution is 0.695. The highest BCUT2D eigenvalue weighted by Crippen LogP contribution is 2.17. The number of hydrogen-bond donors (Lipinski definition) is 0. The fourth-order valence-electron chi connectivity index (χ4n) is 0. The second kappa shape index (κ2) is 2.67. The lowest BCUT2D eigenvalue weighted by Gasteiger charge is -1.74. The molecule has 0 heterocycles. The van der Waals surface area contributed by atoms with Gasteiger partial charge in [-0.2, -0.15) is 4.39 Å². The molecule has 0 rings (SSSR count). The van der Waals surface area contributed by atoms with Gasteiger partial charge in [0.05, 0.1) is 0 Å². The molecule has 0 unspecified atom stereocenters. The Morgan fingerprint density at radius 3 is 1.33 bits per heavy atom. The predicted octanol–water partition coefficient (Wildman–Crippen LogP) is 2.80. The van der Waals surface area contributed by atoms with Gasteiger partial charge in [-0.05, 0) is 11.6 Å². The van der Waals surface area contributed by atoms with Gasteiger partial charge in [-0.1, -0.05) is 23.2 Å². The first-order valence-electron chi connectivity index (χ1n) is 1.01. The molecule has 0 saturated heterocycles. The van der Waals surface area contributed by atoms with Crippen LogP contribution in [-0.2, 0) is 0 Å². The average Bonchev–Trinajstić information content (AvgIpc) is 1.36. The average molecular weight is 149 g/mol. The van der Waals surface area contributed by atoms with Gasteiger partial charge in [0, 0.05) is 0 Å². The summed E-state index contributed by atoms with van der Waals surface area (Å²) in [7, 11) is 0. The Bertz CT molecular complexity index is 58.9. The lowest BCUT2D eigenvalue weighted by atomic mass is 11.2. The van der Waals surface area contributed by atoms with E-state index >= 15 is 0 Å². The van der Waals surface area contributed by atoms with E-state index in [1.54, 1.807) is 0 Å². The Kier molecular flexibility index (Phi) is 2.91. The highest BCUT2D eigenvalue weighted by atomic mass is 35.5. The zero-order valence-electron chi connectivity index (χ0n) is 2.51. The van der Waals surface area contributed by atoms with Gasteiger partial charge in [0.15, 0.2) is 4.49 Å². The first-order chi connectivity index (χ1) is 2.64. The van der Waals surface area contributed by atoms with Crippen LogP contribution in [0.25, 0.3) is 0 Å². The van der Waals surface area contributed by atoms with Gasteiger partial charge in [-0.3, -0.25) is 0 Å². The smallest absolute Gasteiger partial charge is 0.191 e. The molecule has 0 aliphatic carbocycles. The third-order valence-corrected chi connectivity index (χ3v) is 0.857. The molecule has 0 nitrogen and oxygen atoms in total. The van der Waals surface area contributed by atoms with E-state index in [2.05, 4.69) is 11.6 Å². The van der Waals surface area contributed by atoms with Crippen molar-refractivity contribution in [1.82, 2.24) is 0 Å². The minimum absolute atomic E-state index is 0.531. The summed E-state index contributed by atoms with van der Waals surface area (Å²) in [5, 5.41) is -1.07. The summed E-state index contributed by atoms with van der Waals surface area (Å²) in [5.41, 5.74) is 0. The van der Waals surface area contributed by atoms with E-state index < -0.39 is 9.78 Å². The molecule has 0 aliphatic rings. The van der Waals surface area contributed by atoms with Crippen LogP contribution in [0.2, 0.25) is 0 Å². The molecule has 0 atom stereocenters. The van der Waals surface area contributed by atoms with Crippen LogP contribution in [0, 0.1) is 0 Å². The molecule has 6 heavy (non-hydrogen) atoms. The van der Waals surface area contributed by atoms with E-state index in [0.717, 1.165) is 0 Å². The molecule has 0 amide bonds. The zero-order valence-corrected chi connectivity index (χ0v) is 4.78. The molecule has 0 N–H and O–H groups in total. The molecule has 4 heteroatoms. The topological polar surface area (TPSA) is 0 Å². The second-order valence-corrected chi connectivity index (χ2v) is 1.80. The Morgan fingerprint density at radius 1 is 1.17 bits per heavy atom. The summed E-state index contributed by atoms with van der Waals surface area (Å²) in [5.74, 6) is 0. The van der Waals surface area contributed by atoms with Crippen molar-refractivity contribution >= 4 is 34.8 Å². The van der Waals surface area contributed by atoms with Crippen molar-refractivity contribution in [3.63, 3.8) is 0 Å². The van der Waals surface area contributed by atoms with Crippen molar-refractivity contribution < 1.29 is 4.39 Å². The summed E-state index contributed by atoms with van der Waals surface area (Å²) < 4.78 is 10.7. The van der Waals surface area contributed by atoms with Crippen LogP contribution in [0.1, 0.15) is 0 Å². The molecule has 0 spiro atoms. The van der Waals surface area contributed by atoms with Gasteiger partial charge in [0.2, 0.25) is 5.29 Å². The third kappa shape index (κ3) is 2.76. The largest absolute Gasteiger partial charge is 0.219 e. The first kappa shape index (κ1) is 6.54. The van der Waals surface area contributed by atoms with Crippen molar-refractivity contribution in [3.8, 4) is 0 Å². The molecular weight excluding hydrogens is 149 g/mol. The van der Waals surface area contributed by atoms with Gasteiger partial charge < -0.3 is 0 Å². The van der Waals surface area contributed by atoms with Crippen molar-refractivity contribution in [2.45, 2.75) is 0 Å². The molecule has 36 valence electrons. The maximum absolute atomic E-state index is 11.2. The Labute approximate surface area is 49.5 Å². The van der Waals surface area contributed by atoms with Crippen LogP contribution in [-0.4, -0.2) is 0 Å². The predicted molar refractivity (Wildman–Crippen MR) is 25.7 cm³/mol. The molecule has 0 radical (unpaired) electrons. The van der Waals surface area contributed by atoms with E-state index in [0.29, 0.717) is 0 Å². The van der Waals surface area contributed by atoms with Crippen LogP contribution in [0.15, 0.2) is 9.78 Å². The number of rotatable bonds is 0. The molecule has 0 aromatic carbocycles. The molecule has 0 fully saturated rings. The van der Waals surface area contributed by atoms with Crippen molar-refractivity contribution in [2.24, 2.45) is 0 Å². The minimum Gasteiger partial charge on any atom is -0.191 e. The highest BCUT2D eigenvalue weighted by molar-refractivity contribution is 6.59. The van der Waals surface area contributed by atoms with Crippen LogP contribution in [0.4, 0.5) is 4.39 Å². The van der Waals surface area contributed by atoms with E-state index in [1.807, 2.05) is 0 Å². The van der Waals surface area contributed by atoms with Crippen molar-refractivity contribution in [2.75, 3.05) is 0 Å². The highest BCUT2D eigenvalue weighted by Gasteiger charge is 1.90. The summed E-state index contributed by atoms with van der Waals surface area (Å²) in [6.45, 7) is 0. The van der Waals surface area contributed by atoms with Crippen molar-refractivity contribution in [3.05, 3.63) is 9.78 Å². The zero-order chi connectivity index (χ0) is 5.15. The van der Waals surface area contributed by atoms with Gasteiger partial charge >= 0.3 is 0 Å². The third-order valence-electron chi connectivity index (χ3n) is 0.143. The van der Waals surface area contributed by atoms with Crippen LogP contribution in [0.5, 0.6) is 0 Å². The quantitative estimate of drug-likeness (QED) is 0.497. The fraction of sp³-hybridized carbons (Fsp3) is 0.